The van der Waals surface area contributed by atoms with Gasteiger partial charge in [0.05, 0.1) is 11.1 Å². The van der Waals surface area contributed by atoms with Crippen molar-refractivity contribution >= 4 is 19.4 Å². The Morgan fingerprint density at radius 2 is 1.38 bits per heavy atom. The topological polar surface area (TPSA) is 17.1 Å². The molecule has 9 heteroatoms. The normalized spacial score (nSPS) is 12.3. The summed E-state index contributed by atoms with van der Waals surface area (Å²) < 4.78 is 78.8. The number of hydrogen-bond donors (Lipinski definition) is 0. The first-order valence-corrected chi connectivity index (χ1v) is 8.07. The van der Waals surface area contributed by atoms with E-state index in [0.717, 1.165) is 5.56 Å². The Balaban J connectivity index is 0.00000338. The smallest absolute Gasteiger partial charge is 0.289 e. The summed E-state index contributed by atoms with van der Waals surface area (Å²) in [4.78, 5) is 12.4. The molecule has 26 heavy (non-hydrogen) atoms. The number of hydrogen-bond acceptors (Lipinski definition) is 1. The average molecular weight is 385 g/mol. The molecule has 0 saturated carbocycles. The molecule has 0 radical (unpaired) electrons. The Morgan fingerprint density at radius 1 is 0.885 bits per heavy atom. The molecule has 0 N–H and O–H groups in total. The predicted molar refractivity (Wildman–Crippen MR) is 84.6 cm³/mol. The van der Waals surface area contributed by atoms with E-state index in [0.29, 0.717) is 29.1 Å². The second kappa shape index (κ2) is 8.17. The second-order valence-electron chi connectivity index (χ2n) is 5.50. The van der Waals surface area contributed by atoms with Gasteiger partial charge in [-0.3, -0.25) is 4.79 Å². The van der Waals surface area contributed by atoms with Crippen LogP contribution in [0, 0.1) is 13.8 Å². The fourth-order valence-corrected chi connectivity index (χ4v) is 3.48. The number of alkyl halides is 6. The van der Waals surface area contributed by atoms with Crippen LogP contribution in [0.2, 0.25) is 0 Å². The van der Waals surface area contributed by atoms with Gasteiger partial charge in [-0.05, 0) is 45.4 Å². The second-order valence-corrected chi connectivity index (χ2v) is 6.74. The van der Waals surface area contributed by atoms with Crippen LogP contribution in [0.3, 0.4) is 0 Å². The van der Waals surface area contributed by atoms with Gasteiger partial charge in [0.1, 0.15) is 0 Å². The first kappa shape index (κ1) is 22.8. The maximum absolute atomic E-state index is 13.1. The Hall–Kier alpha value is -1.28. The molecule has 0 aromatic heterocycles. The zero-order valence-corrected chi connectivity index (χ0v) is 15.1. The van der Waals surface area contributed by atoms with Gasteiger partial charge in [-0.15, -0.1) is 0 Å². The summed E-state index contributed by atoms with van der Waals surface area (Å²) in [6.45, 7) is 3.45. The van der Waals surface area contributed by atoms with Crippen molar-refractivity contribution in [1.29, 1.82) is 0 Å². The van der Waals surface area contributed by atoms with Gasteiger partial charge in [0.15, 0.2) is 5.52 Å². The van der Waals surface area contributed by atoms with E-state index in [1.165, 1.54) is 0 Å². The molecular formula is C17H13F6LiOP+. The van der Waals surface area contributed by atoms with Crippen LogP contribution in [-0.2, 0) is 12.4 Å². The van der Waals surface area contributed by atoms with Crippen molar-refractivity contribution in [3.63, 3.8) is 0 Å². The molecule has 0 fully saturated rings. The molecule has 2 aromatic carbocycles. The van der Waals surface area contributed by atoms with Crippen molar-refractivity contribution in [1.82, 2.24) is 0 Å². The zero-order valence-electron chi connectivity index (χ0n) is 14.1. The van der Waals surface area contributed by atoms with Crippen molar-refractivity contribution in [2.45, 2.75) is 26.2 Å². The minimum atomic E-state index is -5.06. The summed E-state index contributed by atoms with van der Waals surface area (Å²) >= 11 is 0. The van der Waals surface area contributed by atoms with E-state index >= 15 is 0 Å². The van der Waals surface area contributed by atoms with E-state index < -0.39 is 43.1 Å². The van der Waals surface area contributed by atoms with Crippen LogP contribution >= 0.6 is 8.58 Å². The number of rotatable bonds is 3. The Bertz CT molecular complexity index is 782. The van der Waals surface area contributed by atoms with E-state index in [9.17, 15) is 31.1 Å². The molecule has 1 nitrogen and oxygen atoms in total. The molecule has 1 atom stereocenters. The van der Waals surface area contributed by atoms with Gasteiger partial charge in [0.25, 0.3) is 0 Å². The van der Waals surface area contributed by atoms with Crippen LogP contribution in [-0.4, -0.2) is 5.52 Å². The van der Waals surface area contributed by atoms with Crippen molar-refractivity contribution in [3.05, 3.63) is 64.2 Å². The van der Waals surface area contributed by atoms with Crippen LogP contribution in [0.25, 0.3) is 0 Å². The van der Waals surface area contributed by atoms with E-state index in [1.807, 2.05) is 0 Å². The first-order valence-electron chi connectivity index (χ1n) is 7.07. The van der Waals surface area contributed by atoms with E-state index in [4.69, 9.17) is 0 Å². The third-order valence-corrected chi connectivity index (χ3v) is 4.84. The molecule has 1 unspecified atom stereocenters. The van der Waals surface area contributed by atoms with Crippen LogP contribution in [0.4, 0.5) is 26.3 Å². The molecule has 0 heterocycles. The number of carbonyl (C=O) groups excluding carboxylic acids is 1. The van der Waals surface area contributed by atoms with Crippen LogP contribution in [0.15, 0.2) is 36.4 Å². The SMILES string of the molecule is Cc1ccc(PC(=O)c2c(C(F)(F)F)cccc2C(F)(F)F)c(C)c1.[Li+]. The fraction of sp³-hybridized carbons (Fsp3) is 0.235. The van der Waals surface area contributed by atoms with E-state index in [1.54, 1.807) is 32.0 Å². The Morgan fingerprint density at radius 3 is 1.81 bits per heavy atom. The van der Waals surface area contributed by atoms with Crippen LogP contribution < -0.4 is 24.2 Å². The van der Waals surface area contributed by atoms with E-state index in [-0.39, 0.29) is 18.9 Å². The largest absolute Gasteiger partial charge is 1.00 e. The maximum Gasteiger partial charge on any atom is 1.00 e. The van der Waals surface area contributed by atoms with Gasteiger partial charge < -0.3 is 0 Å². The van der Waals surface area contributed by atoms with Crippen molar-refractivity contribution in [2.75, 3.05) is 0 Å². The summed E-state index contributed by atoms with van der Waals surface area (Å²) in [5.74, 6) is 0. The minimum absolute atomic E-state index is 0. The molecule has 2 rings (SSSR count). The van der Waals surface area contributed by atoms with Crippen molar-refractivity contribution < 1.29 is 50.0 Å². The monoisotopic (exact) mass is 385 g/mol. The molecule has 0 amide bonds. The summed E-state index contributed by atoms with van der Waals surface area (Å²) in [5, 5.41) is 0.417. The minimum Gasteiger partial charge on any atom is -0.289 e. The predicted octanol–water partition coefficient (Wildman–Crippen LogP) is 2.49. The molecule has 0 saturated heterocycles. The third kappa shape index (κ3) is 5.13. The summed E-state index contributed by atoms with van der Waals surface area (Å²) in [6.07, 6.45) is -10.1. The summed E-state index contributed by atoms with van der Waals surface area (Å²) in [5.41, 5.74) is -4.11. The van der Waals surface area contributed by atoms with Gasteiger partial charge in [0, 0.05) is 5.56 Å². The molecule has 0 aliphatic carbocycles. The van der Waals surface area contributed by atoms with Crippen molar-refractivity contribution in [2.24, 2.45) is 0 Å². The van der Waals surface area contributed by atoms with Gasteiger partial charge in [0.2, 0.25) is 0 Å². The molecule has 0 spiro atoms. The fourth-order valence-electron chi connectivity index (χ4n) is 2.41. The summed E-state index contributed by atoms with van der Waals surface area (Å²) in [7, 11) is -0.837. The van der Waals surface area contributed by atoms with Gasteiger partial charge in [-0.25, -0.2) is 0 Å². The van der Waals surface area contributed by atoms with Crippen molar-refractivity contribution in [3.8, 4) is 0 Å². The molecule has 2 aromatic rings. The van der Waals surface area contributed by atoms with Crippen LogP contribution in [0.5, 0.6) is 0 Å². The van der Waals surface area contributed by atoms with E-state index in [2.05, 4.69) is 0 Å². The maximum atomic E-state index is 13.1. The number of carbonyl (C=O) groups is 1. The Kier molecular flexibility index (Phi) is 7.15. The summed E-state index contributed by atoms with van der Waals surface area (Å²) in [6, 6.07) is 6.57. The molecule has 0 bridgehead atoms. The van der Waals surface area contributed by atoms with Crippen LogP contribution in [0.1, 0.15) is 32.6 Å². The number of halogens is 6. The molecular weight excluding hydrogens is 372 g/mol. The van der Waals surface area contributed by atoms with Gasteiger partial charge in [-0.2, -0.15) is 26.3 Å². The zero-order chi connectivity index (χ0) is 19.0. The van der Waals surface area contributed by atoms with Gasteiger partial charge in [-0.1, -0.05) is 29.8 Å². The number of benzene rings is 2. The first-order chi connectivity index (χ1) is 11.4. The average Bonchev–Trinajstić information content (AvgIpc) is 2.47. The van der Waals surface area contributed by atoms with Gasteiger partial charge >= 0.3 is 31.2 Å². The standard InChI is InChI=1S/C17H13F6OP.Li/c1-9-6-7-13(10(2)8-9)25-15(24)14-11(16(18,19)20)4-3-5-12(14)17(21,22)23;/h3-8,25H,1-2H3;/q;+1. The molecule has 134 valence electrons. The quantitative estimate of drug-likeness (QED) is 0.451. The third-order valence-electron chi connectivity index (χ3n) is 3.53. The number of aryl methyl sites for hydroxylation is 2. The molecule has 0 aliphatic heterocycles. The Labute approximate surface area is 160 Å². The molecule has 0 aliphatic rings.